The Morgan fingerprint density at radius 3 is 2.59 bits per heavy atom. The number of rotatable bonds is 4. The number of nitrogens with one attached hydrogen (secondary N) is 1. The molecule has 3 rings (SSSR count). The van der Waals surface area contributed by atoms with E-state index < -0.39 is 0 Å². The molecular formula is C18H16N2OS. The predicted molar refractivity (Wildman–Crippen MR) is 91.3 cm³/mol. The summed E-state index contributed by atoms with van der Waals surface area (Å²) in [4.78, 5) is 19.8. The van der Waals surface area contributed by atoms with Crippen molar-refractivity contribution in [1.29, 1.82) is 0 Å². The molecule has 1 N–H and O–H groups in total. The Morgan fingerprint density at radius 2 is 1.82 bits per heavy atom. The maximum absolute atomic E-state index is 12.0. The van der Waals surface area contributed by atoms with Gasteiger partial charge in [-0.2, -0.15) is 0 Å². The zero-order valence-electron chi connectivity index (χ0n) is 12.5. The molecule has 1 heterocycles. The molecule has 0 aliphatic rings. The number of fused-ring (bicyclic) bond motifs is 1. The SMILES string of the molecule is Cc1ccc(C(=O)/C=C\Sc2nc3ccc(C)cc3[nH]2)cc1. The van der Waals surface area contributed by atoms with Crippen LogP contribution >= 0.6 is 11.8 Å². The molecule has 2 aromatic carbocycles. The quantitative estimate of drug-likeness (QED) is 0.433. The first-order valence-corrected chi connectivity index (χ1v) is 7.90. The number of allylic oxidation sites excluding steroid dienone is 1. The summed E-state index contributed by atoms with van der Waals surface area (Å²) in [6.45, 7) is 4.05. The highest BCUT2D eigenvalue weighted by molar-refractivity contribution is 8.02. The smallest absolute Gasteiger partial charge is 0.186 e. The van der Waals surface area contributed by atoms with Crippen LogP contribution in [-0.4, -0.2) is 15.8 Å². The minimum Gasteiger partial charge on any atom is -0.333 e. The predicted octanol–water partition coefficient (Wildman–Crippen LogP) is 4.67. The van der Waals surface area contributed by atoms with Crippen molar-refractivity contribution < 1.29 is 4.79 Å². The van der Waals surface area contributed by atoms with Crippen LogP contribution < -0.4 is 0 Å². The first kappa shape index (κ1) is 14.6. The number of H-pyrrole nitrogens is 1. The van der Waals surface area contributed by atoms with Gasteiger partial charge in [0, 0.05) is 5.56 Å². The Kier molecular flexibility index (Phi) is 4.11. The van der Waals surface area contributed by atoms with Gasteiger partial charge in [0.1, 0.15) is 0 Å². The molecule has 0 radical (unpaired) electrons. The highest BCUT2D eigenvalue weighted by atomic mass is 32.2. The molecule has 0 fully saturated rings. The molecule has 22 heavy (non-hydrogen) atoms. The highest BCUT2D eigenvalue weighted by Crippen LogP contribution is 2.21. The number of imidazole rings is 1. The summed E-state index contributed by atoms with van der Waals surface area (Å²) in [6.07, 6.45) is 1.58. The molecule has 0 unspecified atom stereocenters. The van der Waals surface area contributed by atoms with Crippen molar-refractivity contribution in [2.75, 3.05) is 0 Å². The zero-order chi connectivity index (χ0) is 15.5. The Morgan fingerprint density at radius 1 is 1.09 bits per heavy atom. The number of aromatic amines is 1. The summed E-state index contributed by atoms with van der Waals surface area (Å²) in [5.74, 6) is -0.000504. The number of ketones is 1. The fourth-order valence-corrected chi connectivity index (χ4v) is 2.77. The lowest BCUT2D eigenvalue weighted by atomic mass is 10.1. The first-order chi connectivity index (χ1) is 10.6. The molecule has 0 amide bonds. The van der Waals surface area contributed by atoms with E-state index in [0.717, 1.165) is 21.8 Å². The molecule has 0 atom stereocenters. The van der Waals surface area contributed by atoms with Crippen LogP contribution in [0.5, 0.6) is 0 Å². The Bertz CT molecular complexity index is 847. The van der Waals surface area contributed by atoms with E-state index in [2.05, 4.69) is 16.0 Å². The Balaban J connectivity index is 1.70. The molecule has 0 saturated carbocycles. The van der Waals surface area contributed by atoms with Crippen LogP contribution in [0.2, 0.25) is 0 Å². The number of benzene rings is 2. The summed E-state index contributed by atoms with van der Waals surface area (Å²) in [6, 6.07) is 13.7. The molecule has 3 nitrogen and oxygen atoms in total. The standard InChI is InChI=1S/C18H16N2OS/c1-12-3-6-14(7-4-12)17(21)9-10-22-18-19-15-8-5-13(2)11-16(15)20-18/h3-11H,1-2H3,(H,19,20)/b10-9-. The molecule has 4 heteroatoms. The van der Waals surface area contributed by atoms with Gasteiger partial charge < -0.3 is 4.98 Å². The number of thioether (sulfide) groups is 1. The number of hydrogen-bond acceptors (Lipinski definition) is 3. The van der Waals surface area contributed by atoms with Gasteiger partial charge in [-0.3, -0.25) is 4.79 Å². The third-order valence-electron chi connectivity index (χ3n) is 3.35. The third kappa shape index (κ3) is 3.28. The van der Waals surface area contributed by atoms with Crippen LogP contribution in [0, 0.1) is 13.8 Å². The summed E-state index contributed by atoms with van der Waals surface area (Å²) < 4.78 is 0. The second kappa shape index (κ2) is 6.20. The van der Waals surface area contributed by atoms with Gasteiger partial charge in [0.25, 0.3) is 0 Å². The molecule has 0 bridgehead atoms. The van der Waals surface area contributed by atoms with Gasteiger partial charge in [0.05, 0.1) is 11.0 Å². The lowest BCUT2D eigenvalue weighted by Gasteiger charge is -1.96. The summed E-state index contributed by atoms with van der Waals surface area (Å²) in [5.41, 5.74) is 4.99. The van der Waals surface area contributed by atoms with E-state index in [4.69, 9.17) is 0 Å². The van der Waals surface area contributed by atoms with E-state index in [-0.39, 0.29) is 5.78 Å². The number of aryl methyl sites for hydroxylation is 2. The van der Waals surface area contributed by atoms with E-state index in [1.807, 2.05) is 50.2 Å². The molecule has 1 aromatic heterocycles. The van der Waals surface area contributed by atoms with Crippen LogP contribution in [0.3, 0.4) is 0 Å². The van der Waals surface area contributed by atoms with Crippen LogP contribution in [0.15, 0.2) is 59.1 Å². The second-order valence-electron chi connectivity index (χ2n) is 5.21. The second-order valence-corrected chi connectivity index (χ2v) is 6.11. The first-order valence-electron chi connectivity index (χ1n) is 7.02. The van der Waals surface area contributed by atoms with E-state index in [1.165, 1.54) is 17.3 Å². The highest BCUT2D eigenvalue weighted by Gasteiger charge is 2.03. The van der Waals surface area contributed by atoms with E-state index in [0.29, 0.717) is 5.56 Å². The molecule has 3 aromatic rings. The average molecular weight is 308 g/mol. The molecule has 0 aliphatic carbocycles. The lowest BCUT2D eigenvalue weighted by molar-refractivity contribution is 0.104. The number of carbonyl (C=O) groups is 1. The van der Waals surface area contributed by atoms with Gasteiger partial charge >= 0.3 is 0 Å². The number of nitrogens with zero attached hydrogens (tertiary/aromatic N) is 1. The van der Waals surface area contributed by atoms with Crippen molar-refractivity contribution in [3.8, 4) is 0 Å². The van der Waals surface area contributed by atoms with Crippen LogP contribution in [-0.2, 0) is 0 Å². The van der Waals surface area contributed by atoms with E-state index >= 15 is 0 Å². The van der Waals surface area contributed by atoms with E-state index in [9.17, 15) is 4.79 Å². The molecular weight excluding hydrogens is 292 g/mol. The van der Waals surface area contributed by atoms with Crippen molar-refractivity contribution in [2.24, 2.45) is 0 Å². The van der Waals surface area contributed by atoms with Crippen LogP contribution in [0.25, 0.3) is 11.0 Å². The minimum atomic E-state index is -0.000504. The van der Waals surface area contributed by atoms with E-state index in [1.54, 1.807) is 11.5 Å². The van der Waals surface area contributed by atoms with Crippen molar-refractivity contribution in [3.63, 3.8) is 0 Å². The average Bonchev–Trinajstić information content (AvgIpc) is 2.89. The van der Waals surface area contributed by atoms with Crippen molar-refractivity contribution in [2.45, 2.75) is 19.0 Å². The maximum Gasteiger partial charge on any atom is 0.186 e. The third-order valence-corrected chi connectivity index (χ3v) is 4.04. The summed E-state index contributed by atoms with van der Waals surface area (Å²) in [7, 11) is 0. The van der Waals surface area contributed by atoms with Gasteiger partial charge in [-0.1, -0.05) is 47.7 Å². The van der Waals surface area contributed by atoms with Gasteiger partial charge in [-0.05, 0) is 43.0 Å². The zero-order valence-corrected chi connectivity index (χ0v) is 13.3. The minimum absolute atomic E-state index is 0.000504. The largest absolute Gasteiger partial charge is 0.333 e. The molecule has 110 valence electrons. The van der Waals surface area contributed by atoms with Gasteiger partial charge in [-0.25, -0.2) is 4.98 Å². The van der Waals surface area contributed by atoms with Gasteiger partial charge in [0.15, 0.2) is 10.9 Å². The summed E-state index contributed by atoms with van der Waals surface area (Å²) in [5, 5.41) is 2.56. The fraction of sp³-hybridized carbons (Fsp3) is 0.111. The Labute approximate surface area is 133 Å². The van der Waals surface area contributed by atoms with Crippen molar-refractivity contribution in [1.82, 2.24) is 9.97 Å². The number of hydrogen-bond donors (Lipinski definition) is 1. The number of carbonyl (C=O) groups excluding carboxylic acids is 1. The topological polar surface area (TPSA) is 45.8 Å². The number of aromatic nitrogens is 2. The normalized spacial score (nSPS) is 11.4. The summed E-state index contributed by atoms with van der Waals surface area (Å²) >= 11 is 1.41. The van der Waals surface area contributed by atoms with Crippen LogP contribution in [0.4, 0.5) is 0 Å². The van der Waals surface area contributed by atoms with Crippen molar-refractivity contribution in [3.05, 3.63) is 70.6 Å². The maximum atomic E-state index is 12.0. The van der Waals surface area contributed by atoms with Gasteiger partial charge in [-0.15, -0.1) is 0 Å². The van der Waals surface area contributed by atoms with Crippen molar-refractivity contribution >= 4 is 28.6 Å². The van der Waals surface area contributed by atoms with Gasteiger partial charge in [0.2, 0.25) is 0 Å². The lowest BCUT2D eigenvalue weighted by Crippen LogP contribution is -1.93. The molecule has 0 aliphatic heterocycles. The molecule has 0 spiro atoms. The molecule has 0 saturated heterocycles. The Hall–Kier alpha value is -2.33. The monoisotopic (exact) mass is 308 g/mol. The fourth-order valence-electron chi connectivity index (χ4n) is 2.13. The van der Waals surface area contributed by atoms with Crippen LogP contribution in [0.1, 0.15) is 21.5 Å².